The van der Waals surface area contributed by atoms with Crippen molar-refractivity contribution in [1.29, 1.82) is 0 Å². The predicted octanol–water partition coefficient (Wildman–Crippen LogP) is 3.21. The fourth-order valence-corrected chi connectivity index (χ4v) is 3.00. The zero-order valence-corrected chi connectivity index (χ0v) is 12.8. The monoisotopic (exact) mass is 294 g/mol. The number of rotatable bonds is 6. The first-order chi connectivity index (χ1) is 9.72. The standard InChI is InChI=1S/C16H23ClN2O/c1-19(11-15-3-2-8-20-15)16-7-4-13(17)9-12(16)10-18-14-5-6-14/h4,7,9,14-15,18H,2-3,5-6,8,10-11H2,1H3. The summed E-state index contributed by atoms with van der Waals surface area (Å²) in [4.78, 5) is 2.30. The second-order valence-electron chi connectivity index (χ2n) is 5.94. The zero-order chi connectivity index (χ0) is 13.9. The molecule has 1 saturated heterocycles. The van der Waals surface area contributed by atoms with Crippen molar-refractivity contribution in [2.24, 2.45) is 0 Å². The highest BCUT2D eigenvalue weighted by Crippen LogP contribution is 2.27. The molecule has 2 aliphatic rings. The summed E-state index contributed by atoms with van der Waals surface area (Å²) >= 11 is 6.15. The van der Waals surface area contributed by atoms with Crippen molar-refractivity contribution < 1.29 is 4.74 Å². The molecule has 1 unspecified atom stereocenters. The molecule has 0 bridgehead atoms. The predicted molar refractivity (Wildman–Crippen MR) is 83.6 cm³/mol. The minimum Gasteiger partial charge on any atom is -0.376 e. The van der Waals surface area contributed by atoms with Crippen LogP contribution in [0.2, 0.25) is 5.02 Å². The number of nitrogens with one attached hydrogen (secondary N) is 1. The van der Waals surface area contributed by atoms with Crippen LogP contribution in [0.15, 0.2) is 18.2 Å². The van der Waals surface area contributed by atoms with Crippen LogP contribution in [0.1, 0.15) is 31.2 Å². The van der Waals surface area contributed by atoms with Crippen LogP contribution < -0.4 is 10.2 Å². The molecule has 1 N–H and O–H groups in total. The highest BCUT2D eigenvalue weighted by atomic mass is 35.5. The van der Waals surface area contributed by atoms with E-state index in [1.54, 1.807) is 0 Å². The Morgan fingerprint density at radius 3 is 2.90 bits per heavy atom. The smallest absolute Gasteiger partial charge is 0.0750 e. The maximum Gasteiger partial charge on any atom is 0.0750 e. The van der Waals surface area contributed by atoms with E-state index >= 15 is 0 Å². The van der Waals surface area contributed by atoms with E-state index in [-0.39, 0.29) is 0 Å². The van der Waals surface area contributed by atoms with Gasteiger partial charge in [-0.2, -0.15) is 0 Å². The molecule has 0 radical (unpaired) electrons. The van der Waals surface area contributed by atoms with Gasteiger partial charge in [0.05, 0.1) is 6.10 Å². The molecule has 0 aromatic heterocycles. The van der Waals surface area contributed by atoms with Gasteiger partial charge in [0.25, 0.3) is 0 Å². The SMILES string of the molecule is CN(CC1CCCO1)c1ccc(Cl)cc1CNC1CC1. The number of hydrogen-bond donors (Lipinski definition) is 1. The molecule has 2 fully saturated rings. The Balaban J connectivity index is 1.68. The van der Waals surface area contributed by atoms with Crippen LogP contribution in [0.5, 0.6) is 0 Å². The Labute approximate surface area is 126 Å². The Hall–Kier alpha value is -0.770. The van der Waals surface area contributed by atoms with Crippen LogP contribution in [-0.2, 0) is 11.3 Å². The average Bonchev–Trinajstić information content (AvgIpc) is 3.13. The van der Waals surface area contributed by atoms with Gasteiger partial charge in [0.15, 0.2) is 0 Å². The van der Waals surface area contributed by atoms with Crippen LogP contribution in [0.25, 0.3) is 0 Å². The minimum atomic E-state index is 0.375. The van der Waals surface area contributed by atoms with E-state index in [0.717, 1.165) is 24.7 Å². The molecular formula is C16H23ClN2O. The fourth-order valence-electron chi connectivity index (χ4n) is 2.80. The van der Waals surface area contributed by atoms with Crippen LogP contribution in [-0.4, -0.2) is 32.3 Å². The number of hydrogen-bond acceptors (Lipinski definition) is 3. The summed E-state index contributed by atoms with van der Waals surface area (Å²) in [7, 11) is 2.14. The van der Waals surface area contributed by atoms with Gasteiger partial charge in [0.1, 0.15) is 0 Å². The Bertz CT molecular complexity index is 456. The molecule has 1 aromatic rings. The van der Waals surface area contributed by atoms with Crippen molar-refractivity contribution in [3.8, 4) is 0 Å². The van der Waals surface area contributed by atoms with E-state index in [2.05, 4.69) is 29.4 Å². The van der Waals surface area contributed by atoms with Gasteiger partial charge >= 0.3 is 0 Å². The molecule has 1 atom stereocenters. The lowest BCUT2D eigenvalue weighted by Gasteiger charge is -2.25. The van der Waals surface area contributed by atoms with Gasteiger partial charge in [-0.15, -0.1) is 0 Å². The molecule has 3 nitrogen and oxygen atoms in total. The van der Waals surface area contributed by atoms with Gasteiger partial charge in [-0.1, -0.05) is 11.6 Å². The Morgan fingerprint density at radius 2 is 2.20 bits per heavy atom. The van der Waals surface area contributed by atoms with Gasteiger partial charge in [-0.25, -0.2) is 0 Å². The molecule has 3 rings (SSSR count). The molecular weight excluding hydrogens is 272 g/mol. The molecule has 20 heavy (non-hydrogen) atoms. The lowest BCUT2D eigenvalue weighted by Crippen LogP contribution is -2.30. The highest BCUT2D eigenvalue weighted by molar-refractivity contribution is 6.30. The average molecular weight is 295 g/mol. The Kier molecular flexibility index (Phi) is 4.49. The van der Waals surface area contributed by atoms with Crippen molar-refractivity contribution >= 4 is 17.3 Å². The third-order valence-electron chi connectivity index (χ3n) is 4.11. The summed E-state index contributed by atoms with van der Waals surface area (Å²) in [5, 5.41) is 4.38. The summed E-state index contributed by atoms with van der Waals surface area (Å²) < 4.78 is 5.73. The molecule has 1 aromatic carbocycles. The highest BCUT2D eigenvalue weighted by Gasteiger charge is 2.22. The molecule has 1 aliphatic heterocycles. The summed E-state index contributed by atoms with van der Waals surface area (Å²) in [6, 6.07) is 6.90. The molecule has 1 aliphatic carbocycles. The first-order valence-corrected chi connectivity index (χ1v) is 7.95. The topological polar surface area (TPSA) is 24.5 Å². The first-order valence-electron chi connectivity index (χ1n) is 7.57. The van der Waals surface area contributed by atoms with E-state index in [1.165, 1.54) is 36.9 Å². The largest absolute Gasteiger partial charge is 0.376 e. The van der Waals surface area contributed by atoms with Crippen molar-refractivity contribution in [3.63, 3.8) is 0 Å². The molecule has 1 heterocycles. The second-order valence-corrected chi connectivity index (χ2v) is 6.38. The molecule has 1 saturated carbocycles. The van der Waals surface area contributed by atoms with Crippen molar-refractivity contribution in [2.45, 2.75) is 44.4 Å². The van der Waals surface area contributed by atoms with E-state index in [1.807, 2.05) is 6.07 Å². The van der Waals surface area contributed by atoms with Crippen LogP contribution in [0.3, 0.4) is 0 Å². The number of halogens is 1. The molecule has 110 valence electrons. The van der Waals surface area contributed by atoms with E-state index in [4.69, 9.17) is 16.3 Å². The van der Waals surface area contributed by atoms with E-state index in [0.29, 0.717) is 12.1 Å². The van der Waals surface area contributed by atoms with Crippen LogP contribution >= 0.6 is 11.6 Å². The van der Waals surface area contributed by atoms with Crippen LogP contribution in [0, 0.1) is 0 Å². The van der Waals surface area contributed by atoms with Crippen LogP contribution in [0.4, 0.5) is 5.69 Å². The van der Waals surface area contributed by atoms with Crippen molar-refractivity contribution in [1.82, 2.24) is 5.32 Å². The Morgan fingerprint density at radius 1 is 1.35 bits per heavy atom. The lowest BCUT2D eigenvalue weighted by molar-refractivity contribution is 0.116. The van der Waals surface area contributed by atoms with E-state index < -0.39 is 0 Å². The van der Waals surface area contributed by atoms with Gasteiger partial charge in [-0.3, -0.25) is 0 Å². The molecule has 4 heteroatoms. The van der Waals surface area contributed by atoms with E-state index in [9.17, 15) is 0 Å². The summed E-state index contributed by atoms with van der Waals surface area (Å²) in [5.74, 6) is 0. The minimum absolute atomic E-state index is 0.375. The summed E-state index contributed by atoms with van der Waals surface area (Å²) in [6.45, 7) is 2.77. The summed E-state index contributed by atoms with van der Waals surface area (Å²) in [6.07, 6.45) is 5.35. The third kappa shape index (κ3) is 3.66. The van der Waals surface area contributed by atoms with Gasteiger partial charge in [-0.05, 0) is 49.4 Å². The maximum absolute atomic E-state index is 6.15. The lowest BCUT2D eigenvalue weighted by atomic mass is 10.1. The van der Waals surface area contributed by atoms with Crippen molar-refractivity contribution in [3.05, 3.63) is 28.8 Å². The number of benzene rings is 1. The van der Waals surface area contributed by atoms with Gasteiger partial charge in [0, 0.05) is 43.5 Å². The number of ether oxygens (including phenoxy) is 1. The molecule has 0 spiro atoms. The third-order valence-corrected chi connectivity index (χ3v) is 4.35. The maximum atomic E-state index is 6.15. The summed E-state index contributed by atoms with van der Waals surface area (Å²) in [5.41, 5.74) is 2.54. The second kappa shape index (κ2) is 6.33. The van der Waals surface area contributed by atoms with Crippen molar-refractivity contribution in [2.75, 3.05) is 25.1 Å². The van der Waals surface area contributed by atoms with Gasteiger partial charge < -0.3 is 15.0 Å². The van der Waals surface area contributed by atoms with Gasteiger partial charge in [0.2, 0.25) is 0 Å². The number of anilines is 1. The quantitative estimate of drug-likeness (QED) is 0.872. The fraction of sp³-hybridized carbons (Fsp3) is 0.625. The zero-order valence-electron chi connectivity index (χ0n) is 12.1. The number of nitrogens with zero attached hydrogens (tertiary/aromatic N) is 1. The number of likely N-dealkylation sites (N-methyl/N-ethyl adjacent to an activating group) is 1. The molecule has 0 amide bonds. The normalized spacial score (nSPS) is 22.2. The first kappa shape index (κ1) is 14.2.